The molecule has 0 bridgehead atoms. The summed E-state index contributed by atoms with van der Waals surface area (Å²) >= 11 is 0.0280. The van der Waals surface area contributed by atoms with Gasteiger partial charge in [-0.2, -0.15) is 13.2 Å². The molecule has 0 aliphatic heterocycles. The number of alkyl halides is 6. The third-order valence-corrected chi connectivity index (χ3v) is 6.77. The molecule has 0 aliphatic rings. The fourth-order valence-corrected chi connectivity index (χ4v) is 4.29. The number of amidine groups is 1. The molecule has 0 saturated carbocycles. The lowest BCUT2D eigenvalue weighted by Crippen LogP contribution is -2.30. The zero-order valence-corrected chi connectivity index (χ0v) is 20.8. The van der Waals surface area contributed by atoms with Crippen LogP contribution in [0.25, 0.3) is 22.7 Å². The summed E-state index contributed by atoms with van der Waals surface area (Å²) in [7, 11) is -4.08. The van der Waals surface area contributed by atoms with E-state index in [0.717, 1.165) is 19.2 Å². The molecule has 0 saturated heterocycles. The van der Waals surface area contributed by atoms with E-state index < -0.39 is 51.4 Å². The number of rotatable bonds is 8. The molecule has 0 unspecified atom stereocenters. The molecule has 206 valence electrons. The highest BCUT2D eigenvalue weighted by Gasteiger charge is 2.31. The molecule has 1 N–H and O–H groups in total. The lowest BCUT2D eigenvalue weighted by molar-refractivity contribution is -0.266. The minimum atomic E-state index is -4.89. The summed E-state index contributed by atoms with van der Waals surface area (Å²) < 4.78 is 109. The highest BCUT2D eigenvalue weighted by molar-refractivity contribution is 7.94. The second kappa shape index (κ2) is 11.2. The van der Waals surface area contributed by atoms with Gasteiger partial charge in [0.1, 0.15) is 11.2 Å². The number of nitrogens with one attached hydrogen (secondary N) is 1. The normalized spacial score (nSPS) is 13.1. The topological polar surface area (TPSA) is 133 Å². The molecular weight excluding hydrogens is 570 g/mol. The van der Waals surface area contributed by atoms with Gasteiger partial charge in [-0.3, -0.25) is 4.79 Å². The van der Waals surface area contributed by atoms with Gasteiger partial charge in [0, 0.05) is 35.6 Å². The predicted molar refractivity (Wildman–Crippen MR) is 120 cm³/mol. The van der Waals surface area contributed by atoms with E-state index >= 15 is 0 Å². The summed E-state index contributed by atoms with van der Waals surface area (Å²) in [6, 6.07) is 4.74. The molecular formula is C20H16F6N4O6S2. The van der Waals surface area contributed by atoms with E-state index in [1.807, 2.05) is 0 Å². The zero-order valence-electron chi connectivity index (χ0n) is 19.2. The van der Waals surface area contributed by atoms with E-state index in [1.165, 1.54) is 25.1 Å². The Bertz CT molecular complexity index is 1470. The zero-order chi connectivity index (χ0) is 28.3. The van der Waals surface area contributed by atoms with Crippen LogP contribution in [0.5, 0.6) is 0 Å². The summed E-state index contributed by atoms with van der Waals surface area (Å²) in [4.78, 5) is 23.4. The fraction of sp³-hybridized carbons (Fsp3) is 0.300. The van der Waals surface area contributed by atoms with Gasteiger partial charge in [0.15, 0.2) is 21.3 Å². The van der Waals surface area contributed by atoms with Crippen molar-refractivity contribution in [1.29, 1.82) is 0 Å². The number of hydrogen-bond acceptors (Lipinski definition) is 10. The fourth-order valence-electron chi connectivity index (χ4n) is 2.77. The first kappa shape index (κ1) is 29.2. The van der Waals surface area contributed by atoms with Gasteiger partial charge in [0.2, 0.25) is 18.4 Å². The van der Waals surface area contributed by atoms with Gasteiger partial charge in [-0.1, -0.05) is 12.1 Å². The number of sulfone groups is 1. The molecule has 1 amide bonds. The Morgan fingerprint density at radius 2 is 1.89 bits per heavy atom. The summed E-state index contributed by atoms with van der Waals surface area (Å²) in [6.07, 6.45) is -8.63. The Balaban J connectivity index is 2.06. The number of oxime groups is 1. The molecule has 0 atom stereocenters. The van der Waals surface area contributed by atoms with Crippen molar-refractivity contribution >= 4 is 44.7 Å². The molecule has 2 aromatic heterocycles. The number of hydrogen-bond donors (Lipinski definition) is 1. The maximum atomic E-state index is 12.8. The Morgan fingerprint density at radius 3 is 2.50 bits per heavy atom. The van der Waals surface area contributed by atoms with Crippen LogP contribution in [0.15, 0.2) is 49.8 Å². The minimum absolute atomic E-state index is 0.0226. The largest absolute Gasteiger partial charge is 0.533 e. The highest BCUT2D eigenvalue weighted by atomic mass is 32.2. The number of benzene rings is 1. The molecule has 2 heterocycles. The maximum Gasteiger partial charge on any atom is 0.533 e. The van der Waals surface area contributed by atoms with Crippen molar-refractivity contribution in [3.05, 3.63) is 36.0 Å². The van der Waals surface area contributed by atoms with Crippen LogP contribution in [-0.4, -0.2) is 55.0 Å². The van der Waals surface area contributed by atoms with E-state index in [4.69, 9.17) is 4.42 Å². The lowest BCUT2D eigenvalue weighted by Gasteiger charge is -2.11. The number of aromatic nitrogens is 2. The summed E-state index contributed by atoms with van der Waals surface area (Å²) in [5, 5.41) is 5.39. The molecule has 1 aromatic carbocycles. The Hall–Kier alpha value is -3.38. The van der Waals surface area contributed by atoms with Crippen LogP contribution in [0.1, 0.15) is 19.4 Å². The Labute approximate surface area is 214 Å². The summed E-state index contributed by atoms with van der Waals surface area (Å²) in [6.45, 7) is 0.575. The van der Waals surface area contributed by atoms with Crippen molar-refractivity contribution in [2.75, 3.05) is 12.4 Å². The third kappa shape index (κ3) is 7.81. The van der Waals surface area contributed by atoms with E-state index in [1.54, 1.807) is 0 Å². The number of fused-ring (bicyclic) bond motifs is 1. The molecule has 10 nitrogen and oxygen atoms in total. The van der Waals surface area contributed by atoms with Gasteiger partial charge in [0.25, 0.3) is 0 Å². The van der Waals surface area contributed by atoms with Crippen LogP contribution in [0, 0.1) is 0 Å². The number of nitrogens with zero attached hydrogens (tertiary/aromatic N) is 3. The van der Waals surface area contributed by atoms with E-state index in [2.05, 4.69) is 29.5 Å². The molecule has 18 heteroatoms. The van der Waals surface area contributed by atoms with Gasteiger partial charge in [-0.05, 0) is 24.3 Å². The average Bonchev–Trinajstić information content (AvgIpc) is 3.23. The quantitative estimate of drug-likeness (QED) is 0.132. The number of carbonyl (C=O) groups is 1. The Morgan fingerprint density at radius 1 is 1.18 bits per heavy atom. The maximum absolute atomic E-state index is 12.8. The van der Waals surface area contributed by atoms with Gasteiger partial charge in [-0.25, -0.2) is 22.6 Å². The first-order valence-corrected chi connectivity index (χ1v) is 12.6. The van der Waals surface area contributed by atoms with Crippen molar-refractivity contribution < 1.29 is 53.0 Å². The van der Waals surface area contributed by atoms with Crippen LogP contribution in [0.2, 0.25) is 0 Å². The van der Waals surface area contributed by atoms with Gasteiger partial charge in [0.05, 0.1) is 10.6 Å². The number of halogens is 6. The van der Waals surface area contributed by atoms with E-state index in [9.17, 15) is 39.6 Å². The second-order valence-electron chi connectivity index (χ2n) is 7.24. The second-order valence-corrected chi connectivity index (χ2v) is 10.3. The number of amides is 1. The number of carbonyl (C=O) groups excluding carboxylic acids is 1. The first-order valence-electron chi connectivity index (χ1n) is 10.2. The van der Waals surface area contributed by atoms with Crippen molar-refractivity contribution in [2.45, 2.75) is 36.2 Å². The summed E-state index contributed by atoms with van der Waals surface area (Å²) in [5.74, 6) is -2.04. The van der Waals surface area contributed by atoms with Crippen molar-refractivity contribution in [2.24, 2.45) is 5.16 Å². The molecule has 0 radical (unpaired) electrons. The van der Waals surface area contributed by atoms with E-state index in [0.29, 0.717) is 0 Å². The first-order chi connectivity index (χ1) is 17.6. The monoisotopic (exact) mass is 586 g/mol. The average molecular weight is 586 g/mol. The van der Waals surface area contributed by atoms with Crippen LogP contribution in [-0.2, 0) is 23.7 Å². The number of pyridine rings is 1. The van der Waals surface area contributed by atoms with Gasteiger partial charge >= 0.3 is 12.5 Å². The molecule has 3 aromatic rings. The summed E-state index contributed by atoms with van der Waals surface area (Å²) in [5.41, 5.74) is -0.367. The van der Waals surface area contributed by atoms with Gasteiger partial charge < -0.3 is 14.6 Å². The highest BCUT2D eigenvalue weighted by Crippen LogP contribution is 2.33. The predicted octanol–water partition coefficient (Wildman–Crippen LogP) is 4.60. The van der Waals surface area contributed by atoms with Crippen LogP contribution in [0.3, 0.4) is 0 Å². The van der Waals surface area contributed by atoms with Crippen molar-refractivity contribution in [3.8, 4) is 11.6 Å². The van der Waals surface area contributed by atoms with E-state index in [-0.39, 0.29) is 45.2 Å². The van der Waals surface area contributed by atoms with Crippen LogP contribution < -0.4 is 5.32 Å². The molecule has 0 aliphatic carbocycles. The Kier molecular flexibility index (Phi) is 8.57. The lowest BCUT2D eigenvalue weighted by atomic mass is 10.2. The van der Waals surface area contributed by atoms with Gasteiger partial charge in [-0.15, -0.1) is 13.2 Å². The number of oxazole rings is 1. The SMILES string of the molecule is CCS(=O)(=O)c1cc(/C(=N/OCC(F)(F)F)NC(C)=O)cnc1-c1nc2cc(SOC(F)(F)F)ccc2o1. The van der Waals surface area contributed by atoms with Crippen LogP contribution in [0.4, 0.5) is 26.3 Å². The minimum Gasteiger partial charge on any atom is -0.435 e. The smallest absolute Gasteiger partial charge is 0.435 e. The molecule has 0 spiro atoms. The molecule has 3 rings (SSSR count). The van der Waals surface area contributed by atoms with Crippen molar-refractivity contribution in [3.63, 3.8) is 0 Å². The standard InChI is InChI=1S/C20H16F6N4O6S2/c1-3-38(32,33)15-6-11(17(28-10(2)31)30-34-9-19(21,22)23)8-27-16(15)18-29-13-7-12(4-5-14(13)35-18)37-36-20(24,25)26/h4-8H,3,9H2,1-2H3,(H,28,30,31). The molecule has 0 fully saturated rings. The third-order valence-electron chi connectivity index (χ3n) is 4.31. The van der Waals surface area contributed by atoms with Crippen molar-refractivity contribution in [1.82, 2.24) is 15.3 Å². The molecule has 38 heavy (non-hydrogen) atoms. The van der Waals surface area contributed by atoms with Crippen LogP contribution >= 0.6 is 12.0 Å².